The summed E-state index contributed by atoms with van der Waals surface area (Å²) in [5.41, 5.74) is 6.24. The Bertz CT molecular complexity index is 413. The summed E-state index contributed by atoms with van der Waals surface area (Å²) in [7, 11) is 0. The molecule has 100 valence electrons. The smallest absolute Gasteiger partial charge is 0.251 e. The average molecular weight is 291 g/mol. The second-order valence-corrected chi connectivity index (χ2v) is 4.84. The van der Waals surface area contributed by atoms with Crippen LogP contribution in [0.2, 0.25) is 10.0 Å². The molecule has 1 aromatic carbocycles. The Morgan fingerprint density at radius 3 is 2.44 bits per heavy atom. The molecule has 0 aliphatic heterocycles. The Morgan fingerprint density at radius 2 is 1.94 bits per heavy atom. The SMILES string of the molecule is CC(C)OCCNC(=O)c1cc(Cl)c(N)c(Cl)c1. The molecule has 1 rings (SSSR count). The molecule has 0 atom stereocenters. The number of nitrogens with two attached hydrogens (primary N) is 1. The Balaban J connectivity index is 2.57. The standard InChI is InChI=1S/C12H16Cl2N2O2/c1-7(2)18-4-3-16-12(17)8-5-9(13)11(15)10(14)6-8/h5-7H,3-4,15H2,1-2H3,(H,16,17). The summed E-state index contributed by atoms with van der Waals surface area (Å²) >= 11 is 11.7. The van der Waals surface area contributed by atoms with E-state index in [1.54, 1.807) is 0 Å². The summed E-state index contributed by atoms with van der Waals surface area (Å²) in [6.07, 6.45) is 0.141. The minimum absolute atomic E-state index is 0.141. The molecule has 0 spiro atoms. The Labute approximate surface area is 116 Å². The third-order valence-corrected chi connectivity index (χ3v) is 2.81. The van der Waals surface area contributed by atoms with Crippen molar-refractivity contribution in [1.29, 1.82) is 0 Å². The van der Waals surface area contributed by atoms with Crippen LogP contribution in [0.25, 0.3) is 0 Å². The highest BCUT2D eigenvalue weighted by Crippen LogP contribution is 2.28. The van der Waals surface area contributed by atoms with Crippen molar-refractivity contribution in [3.05, 3.63) is 27.7 Å². The fraction of sp³-hybridized carbons (Fsp3) is 0.417. The minimum atomic E-state index is -0.258. The molecule has 0 aliphatic rings. The van der Waals surface area contributed by atoms with E-state index in [1.165, 1.54) is 12.1 Å². The minimum Gasteiger partial charge on any atom is -0.396 e. The maximum atomic E-state index is 11.8. The molecule has 4 nitrogen and oxygen atoms in total. The van der Waals surface area contributed by atoms with Gasteiger partial charge in [-0.25, -0.2) is 0 Å². The third-order valence-electron chi connectivity index (χ3n) is 2.18. The van der Waals surface area contributed by atoms with Crippen molar-refractivity contribution in [2.45, 2.75) is 20.0 Å². The number of halogens is 2. The molecule has 0 radical (unpaired) electrons. The highest BCUT2D eigenvalue weighted by molar-refractivity contribution is 6.39. The van der Waals surface area contributed by atoms with Crippen molar-refractivity contribution >= 4 is 34.8 Å². The number of hydrogen-bond acceptors (Lipinski definition) is 3. The van der Waals surface area contributed by atoms with Crippen LogP contribution in [0.3, 0.4) is 0 Å². The van der Waals surface area contributed by atoms with Crippen molar-refractivity contribution < 1.29 is 9.53 Å². The van der Waals surface area contributed by atoms with E-state index >= 15 is 0 Å². The van der Waals surface area contributed by atoms with Crippen LogP contribution in [0, 0.1) is 0 Å². The maximum Gasteiger partial charge on any atom is 0.251 e. The molecule has 0 aromatic heterocycles. The van der Waals surface area contributed by atoms with Crippen LogP contribution < -0.4 is 11.1 Å². The predicted octanol–water partition coefficient (Wildman–Crippen LogP) is 2.73. The summed E-state index contributed by atoms with van der Waals surface area (Å²) in [5, 5.41) is 3.25. The summed E-state index contributed by atoms with van der Waals surface area (Å²) in [6.45, 7) is 4.75. The first kappa shape index (κ1) is 15.1. The lowest BCUT2D eigenvalue weighted by Crippen LogP contribution is -2.28. The summed E-state index contributed by atoms with van der Waals surface area (Å²) in [4.78, 5) is 11.8. The van der Waals surface area contributed by atoms with Gasteiger partial charge in [0.15, 0.2) is 0 Å². The molecule has 0 bridgehead atoms. The van der Waals surface area contributed by atoms with Crippen molar-refractivity contribution in [1.82, 2.24) is 5.32 Å². The van der Waals surface area contributed by atoms with Gasteiger partial charge < -0.3 is 15.8 Å². The normalized spacial score (nSPS) is 10.7. The zero-order valence-corrected chi connectivity index (χ0v) is 11.8. The van der Waals surface area contributed by atoms with E-state index in [2.05, 4.69) is 5.32 Å². The molecular formula is C12H16Cl2N2O2. The second kappa shape index (κ2) is 6.83. The molecule has 6 heteroatoms. The summed E-state index contributed by atoms with van der Waals surface area (Å²) < 4.78 is 5.31. The number of nitrogen functional groups attached to an aromatic ring is 1. The summed E-state index contributed by atoms with van der Waals surface area (Å²) in [5.74, 6) is -0.258. The average Bonchev–Trinajstić information content (AvgIpc) is 2.30. The lowest BCUT2D eigenvalue weighted by molar-refractivity contribution is 0.0746. The van der Waals surface area contributed by atoms with Gasteiger partial charge in [0.05, 0.1) is 28.4 Å². The fourth-order valence-corrected chi connectivity index (χ4v) is 1.76. The molecule has 0 heterocycles. The number of benzene rings is 1. The lowest BCUT2D eigenvalue weighted by atomic mass is 10.2. The topological polar surface area (TPSA) is 64.3 Å². The first-order chi connectivity index (χ1) is 8.41. The number of hydrogen-bond donors (Lipinski definition) is 2. The fourth-order valence-electron chi connectivity index (χ4n) is 1.28. The van der Waals surface area contributed by atoms with Crippen LogP contribution in [-0.4, -0.2) is 25.2 Å². The molecule has 0 saturated carbocycles. The molecular weight excluding hydrogens is 275 g/mol. The zero-order valence-electron chi connectivity index (χ0n) is 10.3. The number of rotatable bonds is 5. The van der Waals surface area contributed by atoms with Crippen molar-refractivity contribution in [3.63, 3.8) is 0 Å². The van der Waals surface area contributed by atoms with Gasteiger partial charge in [-0.05, 0) is 26.0 Å². The molecule has 0 saturated heterocycles. The van der Waals surface area contributed by atoms with Gasteiger partial charge in [-0.3, -0.25) is 4.79 Å². The summed E-state index contributed by atoms with van der Waals surface area (Å²) in [6, 6.07) is 2.98. The van der Waals surface area contributed by atoms with Gasteiger partial charge in [-0.15, -0.1) is 0 Å². The van der Waals surface area contributed by atoms with Gasteiger partial charge in [0.2, 0.25) is 0 Å². The van der Waals surface area contributed by atoms with Crippen LogP contribution in [0.4, 0.5) is 5.69 Å². The van der Waals surface area contributed by atoms with Gasteiger partial charge >= 0.3 is 0 Å². The van der Waals surface area contributed by atoms with E-state index in [1.807, 2.05) is 13.8 Å². The molecule has 0 unspecified atom stereocenters. The first-order valence-electron chi connectivity index (χ1n) is 5.56. The number of carbonyl (C=O) groups excluding carboxylic acids is 1. The van der Waals surface area contributed by atoms with Gasteiger partial charge in [0.25, 0.3) is 5.91 Å². The van der Waals surface area contributed by atoms with Crippen molar-refractivity contribution in [2.75, 3.05) is 18.9 Å². The van der Waals surface area contributed by atoms with Crippen LogP contribution >= 0.6 is 23.2 Å². The number of amides is 1. The Kier molecular flexibility index (Phi) is 5.72. The van der Waals surface area contributed by atoms with Gasteiger partial charge in [0, 0.05) is 12.1 Å². The number of ether oxygens (including phenoxy) is 1. The van der Waals surface area contributed by atoms with E-state index < -0.39 is 0 Å². The monoisotopic (exact) mass is 290 g/mol. The van der Waals surface area contributed by atoms with Crippen molar-refractivity contribution in [3.8, 4) is 0 Å². The van der Waals surface area contributed by atoms with Gasteiger partial charge in [0.1, 0.15) is 0 Å². The van der Waals surface area contributed by atoms with Gasteiger partial charge in [-0.1, -0.05) is 23.2 Å². The van der Waals surface area contributed by atoms with E-state index in [0.717, 1.165) is 0 Å². The largest absolute Gasteiger partial charge is 0.396 e. The van der Waals surface area contributed by atoms with Crippen molar-refractivity contribution in [2.24, 2.45) is 0 Å². The van der Waals surface area contributed by atoms with Crippen LogP contribution in [0.5, 0.6) is 0 Å². The lowest BCUT2D eigenvalue weighted by Gasteiger charge is -2.09. The van der Waals surface area contributed by atoms with Crippen LogP contribution in [0.1, 0.15) is 24.2 Å². The highest BCUT2D eigenvalue weighted by Gasteiger charge is 2.10. The zero-order chi connectivity index (χ0) is 13.7. The van der Waals surface area contributed by atoms with E-state index in [-0.39, 0.29) is 27.7 Å². The van der Waals surface area contributed by atoms with E-state index in [0.29, 0.717) is 18.7 Å². The number of anilines is 1. The predicted molar refractivity (Wildman–Crippen MR) is 74.3 cm³/mol. The highest BCUT2D eigenvalue weighted by atomic mass is 35.5. The van der Waals surface area contributed by atoms with Crippen LogP contribution in [-0.2, 0) is 4.74 Å². The second-order valence-electron chi connectivity index (χ2n) is 4.03. The third kappa shape index (κ3) is 4.37. The number of nitrogens with one attached hydrogen (secondary N) is 1. The molecule has 0 aliphatic carbocycles. The van der Waals surface area contributed by atoms with E-state index in [4.69, 9.17) is 33.7 Å². The first-order valence-corrected chi connectivity index (χ1v) is 6.31. The molecule has 1 amide bonds. The van der Waals surface area contributed by atoms with Crippen LogP contribution in [0.15, 0.2) is 12.1 Å². The molecule has 18 heavy (non-hydrogen) atoms. The quantitative estimate of drug-likeness (QED) is 0.647. The molecule has 3 N–H and O–H groups in total. The van der Waals surface area contributed by atoms with Gasteiger partial charge in [-0.2, -0.15) is 0 Å². The molecule has 0 fully saturated rings. The molecule has 1 aromatic rings. The Hall–Kier alpha value is -0.970. The number of carbonyl (C=O) groups is 1. The van der Waals surface area contributed by atoms with E-state index in [9.17, 15) is 4.79 Å². The Morgan fingerprint density at radius 1 is 1.39 bits per heavy atom. The maximum absolute atomic E-state index is 11.8.